The Morgan fingerprint density at radius 1 is 1.44 bits per heavy atom. The van der Waals surface area contributed by atoms with Crippen molar-refractivity contribution < 1.29 is 4.79 Å². The fraction of sp³-hybridized carbons (Fsp3) is 0.583. The van der Waals surface area contributed by atoms with Gasteiger partial charge in [0.2, 0.25) is 0 Å². The Balaban J connectivity index is 2.58. The van der Waals surface area contributed by atoms with Gasteiger partial charge >= 0.3 is 0 Å². The van der Waals surface area contributed by atoms with Gasteiger partial charge in [-0.05, 0) is 27.9 Å². The molecule has 1 amide bonds. The summed E-state index contributed by atoms with van der Waals surface area (Å²) in [4.78, 5) is 22.1. The molecule has 0 saturated carbocycles. The van der Waals surface area contributed by atoms with Crippen LogP contribution in [0.2, 0.25) is 0 Å². The number of nitrogens with zero attached hydrogens (tertiary/aromatic N) is 3. The van der Waals surface area contributed by atoms with Gasteiger partial charge in [-0.15, -0.1) is 0 Å². The number of rotatable bonds is 6. The highest BCUT2D eigenvalue weighted by Crippen LogP contribution is 2.01. The van der Waals surface area contributed by atoms with Gasteiger partial charge in [-0.3, -0.25) is 9.78 Å². The van der Waals surface area contributed by atoms with Crippen LogP contribution in [0, 0.1) is 0 Å². The summed E-state index contributed by atoms with van der Waals surface area (Å²) in [7, 11) is 3.95. The molecule has 100 valence electrons. The van der Waals surface area contributed by atoms with Gasteiger partial charge in [0.15, 0.2) is 0 Å². The molecule has 1 rings (SSSR count). The maximum absolute atomic E-state index is 11.9. The van der Waals surface area contributed by atoms with Gasteiger partial charge in [-0.2, -0.15) is 0 Å². The van der Waals surface area contributed by atoms with Gasteiger partial charge in [0.25, 0.3) is 5.91 Å². The van der Waals surface area contributed by atoms with E-state index in [1.54, 1.807) is 6.20 Å². The van der Waals surface area contributed by atoms with E-state index in [4.69, 9.17) is 0 Å². The molecular formula is C12H21N5O. The molecule has 0 aliphatic rings. The van der Waals surface area contributed by atoms with Crippen LogP contribution >= 0.6 is 0 Å². The summed E-state index contributed by atoms with van der Waals surface area (Å²) in [6.07, 6.45) is 3.07. The molecule has 1 aromatic heterocycles. The van der Waals surface area contributed by atoms with Crippen LogP contribution in [0.5, 0.6) is 0 Å². The van der Waals surface area contributed by atoms with E-state index in [9.17, 15) is 4.79 Å². The van der Waals surface area contributed by atoms with E-state index in [2.05, 4.69) is 20.6 Å². The molecule has 0 aromatic carbocycles. The summed E-state index contributed by atoms with van der Waals surface area (Å²) in [6, 6.07) is 0.277. The maximum atomic E-state index is 11.9. The lowest BCUT2D eigenvalue weighted by atomic mass is 10.3. The summed E-state index contributed by atoms with van der Waals surface area (Å²) >= 11 is 0. The molecule has 6 heteroatoms. The van der Waals surface area contributed by atoms with Crippen molar-refractivity contribution in [3.8, 4) is 0 Å². The van der Waals surface area contributed by atoms with Crippen molar-refractivity contribution in [2.24, 2.45) is 0 Å². The van der Waals surface area contributed by atoms with Crippen LogP contribution in [0.15, 0.2) is 12.4 Å². The normalized spacial score (nSPS) is 12.3. The molecule has 0 fully saturated rings. The number of anilines is 1. The average molecular weight is 251 g/mol. The molecule has 0 aliphatic carbocycles. The predicted molar refractivity (Wildman–Crippen MR) is 71.7 cm³/mol. The average Bonchev–Trinajstić information content (AvgIpc) is 2.36. The molecule has 1 atom stereocenters. The van der Waals surface area contributed by atoms with E-state index in [-0.39, 0.29) is 11.9 Å². The second-order valence-electron chi connectivity index (χ2n) is 4.34. The zero-order valence-corrected chi connectivity index (χ0v) is 11.4. The van der Waals surface area contributed by atoms with E-state index in [0.29, 0.717) is 18.1 Å². The minimum Gasteiger partial charge on any atom is -0.369 e. The molecule has 0 spiro atoms. The van der Waals surface area contributed by atoms with Crippen LogP contribution in [0.3, 0.4) is 0 Å². The fourth-order valence-electron chi connectivity index (χ4n) is 1.26. The van der Waals surface area contributed by atoms with Crippen LogP contribution in [-0.4, -0.2) is 54.0 Å². The molecule has 0 saturated heterocycles. The first-order chi connectivity index (χ1) is 8.54. The number of amides is 1. The minimum absolute atomic E-state index is 0.198. The maximum Gasteiger partial charge on any atom is 0.271 e. The first kappa shape index (κ1) is 14.4. The number of hydrogen-bond acceptors (Lipinski definition) is 5. The van der Waals surface area contributed by atoms with Crippen LogP contribution in [0.1, 0.15) is 24.3 Å². The van der Waals surface area contributed by atoms with Gasteiger partial charge in [0.1, 0.15) is 11.5 Å². The van der Waals surface area contributed by atoms with E-state index < -0.39 is 0 Å². The molecule has 2 N–H and O–H groups in total. The van der Waals surface area contributed by atoms with Crippen molar-refractivity contribution in [2.75, 3.05) is 32.5 Å². The molecule has 1 unspecified atom stereocenters. The molecule has 18 heavy (non-hydrogen) atoms. The third-order valence-electron chi connectivity index (χ3n) is 2.66. The largest absolute Gasteiger partial charge is 0.369 e. The Kier molecular flexibility index (Phi) is 5.51. The van der Waals surface area contributed by atoms with Crippen LogP contribution in [-0.2, 0) is 0 Å². The first-order valence-electron chi connectivity index (χ1n) is 6.05. The highest BCUT2D eigenvalue weighted by atomic mass is 16.1. The van der Waals surface area contributed by atoms with Crippen molar-refractivity contribution in [3.05, 3.63) is 18.1 Å². The number of carbonyl (C=O) groups is 1. The van der Waals surface area contributed by atoms with Crippen LogP contribution in [0.25, 0.3) is 0 Å². The highest BCUT2D eigenvalue weighted by molar-refractivity contribution is 5.92. The first-order valence-corrected chi connectivity index (χ1v) is 6.05. The Bertz CT molecular complexity index is 394. The third-order valence-corrected chi connectivity index (χ3v) is 2.66. The van der Waals surface area contributed by atoms with E-state index in [1.165, 1.54) is 6.20 Å². The summed E-state index contributed by atoms with van der Waals surface area (Å²) in [5, 5.41) is 5.86. The SMILES string of the molecule is CCNc1cncc(C(=O)NCC(C)N(C)C)n1. The van der Waals surface area contributed by atoms with E-state index >= 15 is 0 Å². The van der Waals surface area contributed by atoms with Gasteiger partial charge in [-0.1, -0.05) is 0 Å². The summed E-state index contributed by atoms with van der Waals surface area (Å²) in [6.45, 7) is 5.34. The quantitative estimate of drug-likeness (QED) is 0.774. The van der Waals surface area contributed by atoms with E-state index in [0.717, 1.165) is 6.54 Å². The monoisotopic (exact) mass is 251 g/mol. The number of carbonyl (C=O) groups excluding carboxylic acids is 1. The second-order valence-corrected chi connectivity index (χ2v) is 4.34. The number of likely N-dealkylation sites (N-methyl/N-ethyl adjacent to an activating group) is 1. The molecule has 0 aliphatic heterocycles. The lowest BCUT2D eigenvalue weighted by molar-refractivity contribution is 0.0938. The summed E-state index contributed by atoms with van der Waals surface area (Å²) in [5.41, 5.74) is 0.333. The Morgan fingerprint density at radius 2 is 2.17 bits per heavy atom. The smallest absolute Gasteiger partial charge is 0.271 e. The predicted octanol–water partition coefficient (Wildman–Crippen LogP) is 0.588. The zero-order valence-electron chi connectivity index (χ0n) is 11.4. The second kappa shape index (κ2) is 6.90. The molecule has 0 radical (unpaired) electrons. The van der Waals surface area contributed by atoms with Gasteiger partial charge in [0.05, 0.1) is 12.4 Å². The molecule has 1 heterocycles. The topological polar surface area (TPSA) is 70.2 Å². The van der Waals surface area contributed by atoms with Crippen molar-refractivity contribution in [3.63, 3.8) is 0 Å². The fourth-order valence-corrected chi connectivity index (χ4v) is 1.26. The molecule has 6 nitrogen and oxygen atoms in total. The molecular weight excluding hydrogens is 230 g/mol. The highest BCUT2D eigenvalue weighted by Gasteiger charge is 2.11. The number of aromatic nitrogens is 2. The zero-order chi connectivity index (χ0) is 13.5. The third kappa shape index (κ3) is 4.29. The molecule has 0 bridgehead atoms. The van der Waals surface area contributed by atoms with Gasteiger partial charge in [-0.25, -0.2) is 4.98 Å². The van der Waals surface area contributed by atoms with Crippen molar-refractivity contribution in [2.45, 2.75) is 19.9 Å². The van der Waals surface area contributed by atoms with Crippen LogP contribution < -0.4 is 10.6 Å². The van der Waals surface area contributed by atoms with Gasteiger partial charge in [0, 0.05) is 19.1 Å². The Labute approximate surface area is 108 Å². The number of nitrogens with one attached hydrogen (secondary N) is 2. The standard InChI is InChI=1S/C12H21N5O/c1-5-14-11-8-13-7-10(16-11)12(18)15-6-9(2)17(3)4/h7-9H,5-6H2,1-4H3,(H,14,16)(H,15,18). The van der Waals surface area contributed by atoms with Crippen molar-refractivity contribution in [1.29, 1.82) is 0 Å². The lowest BCUT2D eigenvalue weighted by Crippen LogP contribution is -2.38. The Hall–Kier alpha value is -1.69. The van der Waals surface area contributed by atoms with Crippen LogP contribution in [0.4, 0.5) is 5.82 Å². The lowest BCUT2D eigenvalue weighted by Gasteiger charge is -2.19. The van der Waals surface area contributed by atoms with Crippen molar-refractivity contribution in [1.82, 2.24) is 20.2 Å². The van der Waals surface area contributed by atoms with E-state index in [1.807, 2.05) is 32.8 Å². The molecule has 1 aromatic rings. The summed E-state index contributed by atoms with van der Waals surface area (Å²) in [5.74, 6) is 0.418. The summed E-state index contributed by atoms with van der Waals surface area (Å²) < 4.78 is 0. The Morgan fingerprint density at radius 3 is 2.78 bits per heavy atom. The van der Waals surface area contributed by atoms with Crippen molar-refractivity contribution >= 4 is 11.7 Å². The van der Waals surface area contributed by atoms with Gasteiger partial charge < -0.3 is 15.5 Å². The number of hydrogen-bond donors (Lipinski definition) is 2. The minimum atomic E-state index is -0.198.